The third kappa shape index (κ3) is 3.41. The molecule has 0 saturated carbocycles. The van der Waals surface area contributed by atoms with E-state index in [1.165, 1.54) is 19.5 Å². The molecule has 3 heteroatoms. The van der Waals surface area contributed by atoms with Crippen LogP contribution in [0.1, 0.15) is 39.4 Å². The number of aryl methyl sites for hydroxylation is 2. The van der Waals surface area contributed by atoms with Crippen LogP contribution in [0.15, 0.2) is 24.3 Å². The molecule has 0 saturated heterocycles. The molecule has 2 rings (SSSR count). The van der Waals surface area contributed by atoms with E-state index >= 15 is 0 Å². The van der Waals surface area contributed by atoms with Crippen LogP contribution in [0.3, 0.4) is 0 Å². The predicted octanol–water partition coefficient (Wildman–Crippen LogP) is 4.53. The lowest BCUT2D eigenvalue weighted by Crippen LogP contribution is -2.16. The van der Waals surface area contributed by atoms with Crippen molar-refractivity contribution in [3.63, 3.8) is 0 Å². The molecule has 2 aromatic rings. The fraction of sp³-hybridized carbons (Fsp3) is 0.429. The first kappa shape index (κ1) is 12.8. The van der Waals surface area contributed by atoms with Gasteiger partial charge in [0.1, 0.15) is 0 Å². The Hall–Kier alpha value is -0.640. The highest BCUT2D eigenvalue weighted by molar-refractivity contribution is 7.12. The molecule has 0 aliphatic rings. The summed E-state index contributed by atoms with van der Waals surface area (Å²) < 4.78 is 0. The number of hydrogen-bond acceptors (Lipinski definition) is 3. The lowest BCUT2D eigenvalue weighted by Gasteiger charge is -2.10. The Bertz CT molecular complexity index is 470. The highest BCUT2D eigenvalue weighted by Crippen LogP contribution is 2.23. The van der Waals surface area contributed by atoms with Crippen LogP contribution < -0.4 is 5.32 Å². The molecule has 17 heavy (non-hydrogen) atoms. The van der Waals surface area contributed by atoms with Gasteiger partial charge in [-0.05, 0) is 44.5 Å². The van der Waals surface area contributed by atoms with Crippen molar-refractivity contribution in [2.45, 2.75) is 39.8 Å². The zero-order valence-corrected chi connectivity index (χ0v) is 12.3. The van der Waals surface area contributed by atoms with Gasteiger partial charge >= 0.3 is 0 Å². The summed E-state index contributed by atoms with van der Waals surface area (Å²) in [5, 5.41) is 3.59. The van der Waals surface area contributed by atoms with Crippen LogP contribution in [0.5, 0.6) is 0 Å². The quantitative estimate of drug-likeness (QED) is 0.837. The van der Waals surface area contributed by atoms with E-state index in [1.54, 1.807) is 0 Å². The summed E-state index contributed by atoms with van der Waals surface area (Å²) in [5.41, 5.74) is 0. The highest BCUT2D eigenvalue weighted by Gasteiger charge is 2.07. The van der Waals surface area contributed by atoms with Gasteiger partial charge in [-0.25, -0.2) is 0 Å². The van der Waals surface area contributed by atoms with Gasteiger partial charge in [-0.1, -0.05) is 6.92 Å². The molecule has 0 aromatic carbocycles. The smallest absolute Gasteiger partial charge is 0.0389 e. The van der Waals surface area contributed by atoms with Crippen molar-refractivity contribution in [1.29, 1.82) is 0 Å². The van der Waals surface area contributed by atoms with E-state index in [1.807, 2.05) is 22.7 Å². The third-order valence-corrected chi connectivity index (χ3v) is 5.25. The van der Waals surface area contributed by atoms with Gasteiger partial charge in [-0.2, -0.15) is 0 Å². The van der Waals surface area contributed by atoms with Gasteiger partial charge in [0, 0.05) is 32.1 Å². The van der Waals surface area contributed by atoms with Crippen LogP contribution >= 0.6 is 22.7 Å². The lowest BCUT2D eigenvalue weighted by molar-refractivity contribution is 0.587. The van der Waals surface area contributed by atoms with Crippen molar-refractivity contribution in [1.82, 2.24) is 5.32 Å². The van der Waals surface area contributed by atoms with Gasteiger partial charge in [0.2, 0.25) is 0 Å². The minimum atomic E-state index is 0.445. The second kappa shape index (κ2) is 5.80. The Morgan fingerprint density at radius 3 is 2.47 bits per heavy atom. The molecule has 2 aromatic heterocycles. The van der Waals surface area contributed by atoms with Gasteiger partial charge in [0.25, 0.3) is 0 Å². The summed E-state index contributed by atoms with van der Waals surface area (Å²) >= 11 is 3.80. The molecule has 1 nitrogen and oxygen atoms in total. The van der Waals surface area contributed by atoms with Gasteiger partial charge in [0.15, 0.2) is 0 Å². The largest absolute Gasteiger partial charge is 0.305 e. The molecule has 0 aliphatic carbocycles. The van der Waals surface area contributed by atoms with E-state index in [-0.39, 0.29) is 0 Å². The summed E-state index contributed by atoms with van der Waals surface area (Å²) in [4.78, 5) is 5.72. The Balaban J connectivity index is 1.89. The molecule has 1 N–H and O–H groups in total. The van der Waals surface area contributed by atoms with Crippen LogP contribution in [0.4, 0.5) is 0 Å². The normalized spacial score (nSPS) is 12.9. The predicted molar refractivity (Wildman–Crippen MR) is 78.0 cm³/mol. The molecule has 0 bridgehead atoms. The monoisotopic (exact) mass is 265 g/mol. The summed E-state index contributed by atoms with van der Waals surface area (Å²) in [5.74, 6) is 0. The highest BCUT2D eigenvalue weighted by atomic mass is 32.1. The maximum absolute atomic E-state index is 3.59. The SMILES string of the molecule is CCc1ccc(CNC(C)c2ccc(C)s2)s1. The second-order valence-electron chi connectivity index (χ2n) is 4.27. The molecule has 0 fully saturated rings. The number of nitrogens with one attached hydrogen (secondary N) is 1. The van der Waals surface area contributed by atoms with Crippen LogP contribution in [0.25, 0.3) is 0 Å². The Morgan fingerprint density at radius 2 is 1.88 bits per heavy atom. The van der Waals surface area contributed by atoms with Gasteiger partial charge in [0.05, 0.1) is 0 Å². The zero-order valence-electron chi connectivity index (χ0n) is 10.6. The topological polar surface area (TPSA) is 12.0 Å². The van der Waals surface area contributed by atoms with Crippen molar-refractivity contribution in [3.05, 3.63) is 43.8 Å². The minimum absolute atomic E-state index is 0.445. The van der Waals surface area contributed by atoms with Crippen molar-refractivity contribution in [3.8, 4) is 0 Å². The van der Waals surface area contributed by atoms with Crippen LogP contribution in [-0.4, -0.2) is 0 Å². The Morgan fingerprint density at radius 1 is 1.12 bits per heavy atom. The first-order chi connectivity index (χ1) is 8.19. The molecule has 2 heterocycles. The standard InChI is InChI=1S/C14H19NS2/c1-4-12-6-7-13(17-12)9-15-11(3)14-8-5-10(2)16-14/h5-8,11,15H,4,9H2,1-3H3. The van der Waals surface area contributed by atoms with Crippen LogP contribution in [0.2, 0.25) is 0 Å². The Labute approximate surface area is 112 Å². The summed E-state index contributed by atoms with van der Waals surface area (Å²) in [6.45, 7) is 7.58. The summed E-state index contributed by atoms with van der Waals surface area (Å²) in [7, 11) is 0. The number of hydrogen-bond donors (Lipinski definition) is 1. The van der Waals surface area contributed by atoms with Gasteiger partial charge in [-0.15, -0.1) is 22.7 Å². The maximum atomic E-state index is 3.59. The molecular weight excluding hydrogens is 246 g/mol. The summed E-state index contributed by atoms with van der Waals surface area (Å²) in [6, 6.07) is 9.34. The number of rotatable bonds is 5. The van der Waals surface area contributed by atoms with E-state index in [0.717, 1.165) is 13.0 Å². The van der Waals surface area contributed by atoms with E-state index in [9.17, 15) is 0 Å². The van der Waals surface area contributed by atoms with Crippen LogP contribution in [-0.2, 0) is 13.0 Å². The summed E-state index contributed by atoms with van der Waals surface area (Å²) in [6.07, 6.45) is 1.14. The second-order valence-corrected chi connectivity index (χ2v) is 6.84. The molecule has 0 spiro atoms. The number of thiophene rings is 2. The van der Waals surface area contributed by atoms with E-state index in [4.69, 9.17) is 0 Å². The lowest BCUT2D eigenvalue weighted by atomic mass is 10.2. The zero-order chi connectivity index (χ0) is 12.3. The average molecular weight is 265 g/mol. The third-order valence-electron chi connectivity index (χ3n) is 2.84. The molecule has 1 atom stereocenters. The first-order valence-corrected chi connectivity index (χ1v) is 7.69. The first-order valence-electron chi connectivity index (χ1n) is 6.06. The van der Waals surface area contributed by atoms with Crippen molar-refractivity contribution in [2.24, 2.45) is 0 Å². The molecule has 92 valence electrons. The maximum Gasteiger partial charge on any atom is 0.0389 e. The van der Waals surface area contributed by atoms with Crippen molar-refractivity contribution < 1.29 is 0 Å². The average Bonchev–Trinajstić information content (AvgIpc) is 2.94. The molecule has 1 unspecified atom stereocenters. The molecule has 0 amide bonds. The Kier molecular flexibility index (Phi) is 4.37. The van der Waals surface area contributed by atoms with E-state index in [0.29, 0.717) is 6.04 Å². The van der Waals surface area contributed by atoms with Gasteiger partial charge in [-0.3, -0.25) is 0 Å². The fourth-order valence-electron chi connectivity index (χ4n) is 1.75. The van der Waals surface area contributed by atoms with Crippen molar-refractivity contribution >= 4 is 22.7 Å². The minimum Gasteiger partial charge on any atom is -0.305 e. The fourth-order valence-corrected chi connectivity index (χ4v) is 3.56. The molecular formula is C14H19NS2. The van der Waals surface area contributed by atoms with Crippen LogP contribution in [0, 0.1) is 6.92 Å². The van der Waals surface area contributed by atoms with Crippen molar-refractivity contribution in [2.75, 3.05) is 0 Å². The van der Waals surface area contributed by atoms with E-state index < -0.39 is 0 Å². The van der Waals surface area contributed by atoms with E-state index in [2.05, 4.69) is 50.4 Å². The molecule has 0 aliphatic heterocycles. The van der Waals surface area contributed by atoms with Gasteiger partial charge < -0.3 is 5.32 Å². The molecule has 0 radical (unpaired) electrons.